The molecule has 1 rings (SSSR count). The zero-order valence-electron chi connectivity index (χ0n) is 8.87. The highest BCUT2D eigenvalue weighted by Gasteiger charge is 2.30. The van der Waals surface area contributed by atoms with E-state index >= 15 is 0 Å². The zero-order chi connectivity index (χ0) is 12.2. The third kappa shape index (κ3) is 3.40. The lowest BCUT2D eigenvalue weighted by Crippen LogP contribution is -2.08. The number of hydrogen-bond acceptors (Lipinski definition) is 1. The standard InChI is InChI=1S/C11H13F4N/c1-8-3-4-9(11(13,14)15)7-10(8)16-6-2-5-12/h3-4,7,16H,2,5-6H2,1H3. The molecule has 0 amide bonds. The van der Waals surface area contributed by atoms with Crippen molar-refractivity contribution in [2.24, 2.45) is 0 Å². The normalized spacial score (nSPS) is 11.6. The number of hydrogen-bond donors (Lipinski definition) is 1. The predicted molar refractivity (Wildman–Crippen MR) is 55.3 cm³/mol. The van der Waals surface area contributed by atoms with Gasteiger partial charge in [-0.1, -0.05) is 6.07 Å². The lowest BCUT2D eigenvalue weighted by atomic mass is 10.1. The highest BCUT2D eigenvalue weighted by atomic mass is 19.4. The quantitative estimate of drug-likeness (QED) is 0.618. The van der Waals surface area contributed by atoms with Gasteiger partial charge >= 0.3 is 6.18 Å². The first-order valence-corrected chi connectivity index (χ1v) is 4.93. The van der Waals surface area contributed by atoms with Crippen LogP contribution in [-0.2, 0) is 6.18 Å². The van der Waals surface area contributed by atoms with Crippen LogP contribution in [0.5, 0.6) is 0 Å². The van der Waals surface area contributed by atoms with E-state index in [9.17, 15) is 17.6 Å². The average molecular weight is 235 g/mol. The summed E-state index contributed by atoms with van der Waals surface area (Å²) in [5.74, 6) is 0. The Morgan fingerprint density at radius 2 is 1.94 bits per heavy atom. The first kappa shape index (κ1) is 12.8. The Hall–Kier alpha value is -1.26. The fraction of sp³-hybridized carbons (Fsp3) is 0.455. The summed E-state index contributed by atoms with van der Waals surface area (Å²) in [7, 11) is 0. The van der Waals surface area contributed by atoms with Crippen LogP contribution in [0.2, 0.25) is 0 Å². The molecule has 90 valence electrons. The molecule has 0 spiro atoms. The highest BCUT2D eigenvalue weighted by molar-refractivity contribution is 5.53. The zero-order valence-corrected chi connectivity index (χ0v) is 8.87. The molecule has 0 heterocycles. The van der Waals surface area contributed by atoms with Crippen molar-refractivity contribution in [1.29, 1.82) is 0 Å². The highest BCUT2D eigenvalue weighted by Crippen LogP contribution is 2.31. The Bertz CT molecular complexity index is 346. The Kier molecular flexibility index (Phi) is 4.15. The number of aryl methyl sites for hydroxylation is 1. The maximum Gasteiger partial charge on any atom is 0.416 e. The van der Waals surface area contributed by atoms with E-state index < -0.39 is 18.4 Å². The molecule has 1 nitrogen and oxygen atoms in total. The maximum atomic E-state index is 12.4. The van der Waals surface area contributed by atoms with Crippen LogP contribution in [0.15, 0.2) is 18.2 Å². The summed E-state index contributed by atoms with van der Waals surface area (Å²) < 4.78 is 49.0. The molecule has 0 aliphatic carbocycles. The molecule has 0 bridgehead atoms. The Balaban J connectivity index is 2.83. The molecule has 0 saturated carbocycles. The molecule has 0 atom stereocenters. The van der Waals surface area contributed by atoms with Gasteiger partial charge in [0.1, 0.15) is 0 Å². The van der Waals surface area contributed by atoms with Crippen LogP contribution >= 0.6 is 0 Å². The molecule has 5 heteroatoms. The van der Waals surface area contributed by atoms with Gasteiger partial charge in [-0.3, -0.25) is 4.39 Å². The number of halogens is 4. The van der Waals surface area contributed by atoms with Crippen LogP contribution in [0, 0.1) is 6.92 Å². The summed E-state index contributed by atoms with van der Waals surface area (Å²) in [6.45, 7) is 1.56. The van der Waals surface area contributed by atoms with E-state index in [0.29, 0.717) is 17.8 Å². The second-order valence-electron chi connectivity index (χ2n) is 3.50. The minimum atomic E-state index is -4.34. The largest absolute Gasteiger partial charge is 0.416 e. The van der Waals surface area contributed by atoms with E-state index in [1.807, 2.05) is 0 Å². The van der Waals surface area contributed by atoms with Gasteiger partial charge in [-0.05, 0) is 31.0 Å². The molecule has 16 heavy (non-hydrogen) atoms. The Morgan fingerprint density at radius 3 is 2.50 bits per heavy atom. The minimum absolute atomic E-state index is 0.287. The first-order chi connectivity index (χ1) is 7.45. The van der Waals surface area contributed by atoms with E-state index in [0.717, 1.165) is 12.1 Å². The van der Waals surface area contributed by atoms with Gasteiger partial charge in [-0.15, -0.1) is 0 Å². The first-order valence-electron chi connectivity index (χ1n) is 4.93. The summed E-state index contributed by atoms with van der Waals surface area (Å²) in [5, 5.41) is 2.79. The summed E-state index contributed by atoms with van der Waals surface area (Å²) in [6.07, 6.45) is -4.06. The van der Waals surface area contributed by atoms with E-state index in [4.69, 9.17) is 0 Å². The monoisotopic (exact) mass is 235 g/mol. The third-order valence-corrected chi connectivity index (χ3v) is 2.19. The van der Waals surface area contributed by atoms with Crippen molar-refractivity contribution in [3.63, 3.8) is 0 Å². The molecule has 0 aliphatic heterocycles. The van der Waals surface area contributed by atoms with E-state index in [2.05, 4.69) is 5.32 Å². The summed E-state index contributed by atoms with van der Waals surface area (Å²) in [4.78, 5) is 0. The van der Waals surface area contributed by atoms with Crippen molar-refractivity contribution in [3.8, 4) is 0 Å². The predicted octanol–water partition coefficient (Wildman–Crippen LogP) is 3.79. The second kappa shape index (κ2) is 5.18. The van der Waals surface area contributed by atoms with Crippen molar-refractivity contribution in [3.05, 3.63) is 29.3 Å². The third-order valence-electron chi connectivity index (χ3n) is 2.19. The van der Waals surface area contributed by atoms with Crippen molar-refractivity contribution in [1.82, 2.24) is 0 Å². The lowest BCUT2D eigenvalue weighted by Gasteiger charge is -2.12. The minimum Gasteiger partial charge on any atom is -0.385 e. The van der Waals surface area contributed by atoms with Gasteiger partial charge in [-0.2, -0.15) is 13.2 Å². The molecule has 1 aromatic carbocycles. The molecule has 0 unspecified atom stereocenters. The van der Waals surface area contributed by atoms with Crippen LogP contribution in [-0.4, -0.2) is 13.2 Å². The molecule has 0 radical (unpaired) electrons. The van der Waals surface area contributed by atoms with Gasteiger partial charge in [0.15, 0.2) is 0 Å². The van der Waals surface area contributed by atoms with Crippen LogP contribution < -0.4 is 5.32 Å². The van der Waals surface area contributed by atoms with Gasteiger partial charge in [0.05, 0.1) is 12.2 Å². The maximum absolute atomic E-state index is 12.4. The lowest BCUT2D eigenvalue weighted by molar-refractivity contribution is -0.137. The molecular weight excluding hydrogens is 222 g/mol. The molecule has 0 aliphatic rings. The molecule has 0 saturated heterocycles. The van der Waals surface area contributed by atoms with Crippen molar-refractivity contribution < 1.29 is 17.6 Å². The fourth-order valence-electron chi connectivity index (χ4n) is 1.28. The van der Waals surface area contributed by atoms with Gasteiger partial charge in [-0.25, -0.2) is 0 Å². The van der Waals surface area contributed by atoms with Gasteiger partial charge in [0.2, 0.25) is 0 Å². The summed E-state index contributed by atoms with van der Waals surface area (Å²) >= 11 is 0. The van der Waals surface area contributed by atoms with Crippen LogP contribution in [0.25, 0.3) is 0 Å². The fourth-order valence-corrected chi connectivity index (χ4v) is 1.28. The van der Waals surface area contributed by atoms with Crippen LogP contribution in [0.4, 0.5) is 23.2 Å². The number of rotatable bonds is 4. The molecule has 1 aromatic rings. The smallest absolute Gasteiger partial charge is 0.385 e. The van der Waals surface area contributed by atoms with Gasteiger partial charge < -0.3 is 5.32 Å². The number of anilines is 1. The van der Waals surface area contributed by atoms with Gasteiger partial charge in [0, 0.05) is 12.2 Å². The second-order valence-corrected chi connectivity index (χ2v) is 3.50. The summed E-state index contributed by atoms with van der Waals surface area (Å²) in [5.41, 5.74) is 0.427. The SMILES string of the molecule is Cc1ccc(C(F)(F)F)cc1NCCCF. The Labute approximate surface area is 91.5 Å². The van der Waals surface area contributed by atoms with Crippen molar-refractivity contribution in [2.45, 2.75) is 19.5 Å². The van der Waals surface area contributed by atoms with E-state index in [-0.39, 0.29) is 6.42 Å². The van der Waals surface area contributed by atoms with Crippen LogP contribution in [0.3, 0.4) is 0 Å². The topological polar surface area (TPSA) is 12.0 Å². The van der Waals surface area contributed by atoms with Crippen LogP contribution in [0.1, 0.15) is 17.5 Å². The number of nitrogens with one attached hydrogen (secondary N) is 1. The summed E-state index contributed by atoms with van der Waals surface area (Å²) in [6, 6.07) is 3.49. The van der Waals surface area contributed by atoms with Crippen molar-refractivity contribution in [2.75, 3.05) is 18.5 Å². The molecule has 1 N–H and O–H groups in total. The molecular formula is C11H13F4N. The Morgan fingerprint density at radius 1 is 1.25 bits per heavy atom. The van der Waals surface area contributed by atoms with Crippen molar-refractivity contribution >= 4 is 5.69 Å². The van der Waals surface area contributed by atoms with E-state index in [1.165, 1.54) is 6.07 Å². The number of benzene rings is 1. The van der Waals surface area contributed by atoms with E-state index in [1.54, 1.807) is 6.92 Å². The average Bonchev–Trinajstić information content (AvgIpc) is 2.19. The molecule has 0 aromatic heterocycles. The molecule has 0 fully saturated rings. The number of alkyl halides is 4. The van der Waals surface area contributed by atoms with Gasteiger partial charge in [0.25, 0.3) is 0 Å².